The van der Waals surface area contributed by atoms with E-state index in [1.54, 1.807) is 0 Å². The highest BCUT2D eigenvalue weighted by atomic mass is 16.5. The quantitative estimate of drug-likeness (QED) is 0.601. The van der Waals surface area contributed by atoms with Crippen LogP contribution < -0.4 is 0 Å². The Morgan fingerprint density at radius 1 is 1.43 bits per heavy atom. The van der Waals surface area contributed by atoms with Gasteiger partial charge in [-0.1, -0.05) is 6.92 Å². The van der Waals surface area contributed by atoms with E-state index in [0.29, 0.717) is 32.5 Å². The summed E-state index contributed by atoms with van der Waals surface area (Å²) >= 11 is 0. The van der Waals surface area contributed by atoms with Crippen molar-refractivity contribution in [2.24, 2.45) is 0 Å². The zero-order chi connectivity index (χ0) is 10.8. The summed E-state index contributed by atoms with van der Waals surface area (Å²) in [4.78, 5) is 21.7. The molecular formula is C9H16NO4. The summed E-state index contributed by atoms with van der Waals surface area (Å²) in [6, 6.07) is 0. The fourth-order valence-electron chi connectivity index (χ4n) is 1.09. The van der Waals surface area contributed by atoms with Crippen molar-refractivity contribution in [2.45, 2.75) is 26.2 Å². The fraction of sp³-hybridized carbons (Fsp3) is 0.778. The predicted octanol–water partition coefficient (Wildman–Crippen LogP) is 1.24. The van der Waals surface area contributed by atoms with Crippen molar-refractivity contribution in [2.75, 3.05) is 19.7 Å². The molecule has 0 bridgehead atoms. The Labute approximate surface area is 83.6 Å². The molecule has 0 atom stereocenters. The van der Waals surface area contributed by atoms with Gasteiger partial charge in [-0.15, -0.1) is 0 Å². The summed E-state index contributed by atoms with van der Waals surface area (Å²) < 4.78 is 4.36. The fourth-order valence-corrected chi connectivity index (χ4v) is 1.09. The van der Waals surface area contributed by atoms with Crippen molar-refractivity contribution in [1.82, 2.24) is 4.90 Å². The van der Waals surface area contributed by atoms with Crippen LogP contribution in [0.15, 0.2) is 0 Å². The number of hydrogen-bond donors (Lipinski definition) is 1. The van der Waals surface area contributed by atoms with Gasteiger partial charge in [-0.2, -0.15) is 0 Å². The number of carbonyl (C=O) groups excluding carboxylic acids is 1. The number of carbonyl (C=O) groups is 1. The molecule has 0 aromatic heterocycles. The molecule has 0 rings (SSSR count). The van der Waals surface area contributed by atoms with Crippen molar-refractivity contribution in [1.29, 1.82) is 0 Å². The number of nitrogens with zero attached hydrogens (tertiary/aromatic N) is 1. The lowest BCUT2D eigenvalue weighted by molar-refractivity contribution is 0.143. The minimum Gasteiger partial charge on any atom is -0.465 e. The topological polar surface area (TPSA) is 66.8 Å². The molecule has 0 saturated heterocycles. The van der Waals surface area contributed by atoms with Gasteiger partial charge in [-0.3, -0.25) is 0 Å². The molecule has 0 aliphatic rings. The van der Waals surface area contributed by atoms with Crippen LogP contribution in [0.4, 0.5) is 4.79 Å². The van der Waals surface area contributed by atoms with Crippen molar-refractivity contribution in [3.8, 4) is 0 Å². The molecule has 0 aromatic rings. The molecule has 0 unspecified atom stereocenters. The summed E-state index contributed by atoms with van der Waals surface area (Å²) in [5.74, 6) is 0. The van der Waals surface area contributed by atoms with Gasteiger partial charge in [0, 0.05) is 13.1 Å². The lowest BCUT2D eigenvalue weighted by Crippen LogP contribution is -2.31. The smallest absolute Gasteiger partial charge is 0.417 e. The third kappa shape index (κ3) is 6.28. The largest absolute Gasteiger partial charge is 0.465 e. The minimum atomic E-state index is -0.894. The van der Waals surface area contributed by atoms with E-state index in [0.717, 1.165) is 6.42 Å². The average Bonchev–Trinajstić information content (AvgIpc) is 2.15. The first-order valence-electron chi connectivity index (χ1n) is 4.69. The number of rotatable bonds is 8. The Hall–Kier alpha value is -1.26. The van der Waals surface area contributed by atoms with E-state index in [1.165, 1.54) is 11.4 Å². The monoisotopic (exact) mass is 202 g/mol. The molecule has 0 spiro atoms. The van der Waals surface area contributed by atoms with Crippen LogP contribution in [0.3, 0.4) is 0 Å². The van der Waals surface area contributed by atoms with Gasteiger partial charge in [0.2, 0.25) is 0 Å². The van der Waals surface area contributed by atoms with Crippen molar-refractivity contribution < 1.29 is 19.4 Å². The van der Waals surface area contributed by atoms with Crippen LogP contribution in [0.1, 0.15) is 26.2 Å². The Morgan fingerprint density at radius 2 is 2.14 bits per heavy atom. The molecule has 1 radical (unpaired) electrons. The van der Waals surface area contributed by atoms with E-state index in [2.05, 4.69) is 4.74 Å². The van der Waals surface area contributed by atoms with E-state index in [1.807, 2.05) is 6.92 Å². The van der Waals surface area contributed by atoms with Gasteiger partial charge in [0.25, 0.3) is 0 Å². The lowest BCUT2D eigenvalue weighted by atomic mass is 10.3. The average molecular weight is 202 g/mol. The van der Waals surface area contributed by atoms with Gasteiger partial charge in [-0.25, -0.2) is 9.59 Å². The maximum atomic E-state index is 10.6. The Kier molecular flexibility index (Phi) is 7.59. The SMILES string of the molecule is CCCN(CCCCO[C]=O)C(=O)O. The van der Waals surface area contributed by atoms with Gasteiger partial charge in [0.1, 0.15) is 0 Å². The summed E-state index contributed by atoms with van der Waals surface area (Å²) in [6.45, 7) is 4.61. The molecule has 5 nitrogen and oxygen atoms in total. The van der Waals surface area contributed by atoms with Crippen LogP contribution in [-0.2, 0) is 9.53 Å². The second kappa shape index (κ2) is 8.34. The lowest BCUT2D eigenvalue weighted by Gasteiger charge is -2.17. The van der Waals surface area contributed by atoms with Gasteiger partial charge < -0.3 is 14.7 Å². The Bertz CT molecular complexity index is 172. The molecule has 0 aromatic carbocycles. The highest BCUT2D eigenvalue weighted by molar-refractivity contribution is 5.64. The van der Waals surface area contributed by atoms with Gasteiger partial charge in [0.15, 0.2) is 0 Å². The number of carboxylic acid groups (broad SMARTS) is 1. The molecule has 0 aliphatic carbocycles. The highest BCUT2D eigenvalue weighted by Gasteiger charge is 2.08. The molecular weight excluding hydrogens is 186 g/mol. The second-order valence-corrected chi connectivity index (χ2v) is 2.91. The van der Waals surface area contributed by atoms with Crippen molar-refractivity contribution in [3.63, 3.8) is 0 Å². The van der Waals surface area contributed by atoms with Crippen LogP contribution in [0.25, 0.3) is 0 Å². The van der Waals surface area contributed by atoms with Crippen molar-refractivity contribution in [3.05, 3.63) is 0 Å². The third-order valence-corrected chi connectivity index (χ3v) is 1.75. The molecule has 1 N–H and O–H groups in total. The molecule has 81 valence electrons. The molecule has 5 heteroatoms. The van der Waals surface area contributed by atoms with Crippen LogP contribution >= 0.6 is 0 Å². The van der Waals surface area contributed by atoms with Gasteiger partial charge in [-0.05, 0) is 19.3 Å². The zero-order valence-electron chi connectivity index (χ0n) is 8.36. The predicted molar refractivity (Wildman–Crippen MR) is 50.8 cm³/mol. The van der Waals surface area contributed by atoms with E-state index >= 15 is 0 Å². The number of unbranched alkanes of at least 4 members (excludes halogenated alkanes) is 1. The summed E-state index contributed by atoms with van der Waals surface area (Å²) in [5.41, 5.74) is 0. The number of hydrogen-bond acceptors (Lipinski definition) is 3. The summed E-state index contributed by atoms with van der Waals surface area (Å²) in [7, 11) is 0. The first-order valence-corrected chi connectivity index (χ1v) is 4.69. The highest BCUT2D eigenvalue weighted by Crippen LogP contribution is 1.97. The maximum Gasteiger partial charge on any atom is 0.417 e. The van der Waals surface area contributed by atoms with Crippen molar-refractivity contribution >= 4 is 12.6 Å². The molecule has 0 aliphatic heterocycles. The van der Waals surface area contributed by atoms with Gasteiger partial charge in [0.05, 0.1) is 6.61 Å². The maximum absolute atomic E-state index is 10.6. The zero-order valence-corrected chi connectivity index (χ0v) is 8.36. The first-order chi connectivity index (χ1) is 6.72. The van der Waals surface area contributed by atoms with E-state index in [-0.39, 0.29) is 0 Å². The Balaban J connectivity index is 3.50. The molecule has 1 amide bonds. The molecule has 0 heterocycles. The van der Waals surface area contributed by atoms with E-state index < -0.39 is 6.09 Å². The Morgan fingerprint density at radius 3 is 2.64 bits per heavy atom. The summed E-state index contributed by atoms with van der Waals surface area (Å²) in [6.07, 6.45) is 1.29. The van der Waals surface area contributed by atoms with Crippen LogP contribution in [0.5, 0.6) is 0 Å². The van der Waals surface area contributed by atoms with E-state index in [9.17, 15) is 9.59 Å². The summed E-state index contributed by atoms with van der Waals surface area (Å²) in [5, 5.41) is 8.74. The van der Waals surface area contributed by atoms with E-state index in [4.69, 9.17) is 5.11 Å². The molecule has 0 fully saturated rings. The van der Waals surface area contributed by atoms with Crippen LogP contribution in [-0.4, -0.2) is 42.3 Å². The minimum absolute atomic E-state index is 0.309. The molecule has 14 heavy (non-hydrogen) atoms. The van der Waals surface area contributed by atoms with Gasteiger partial charge >= 0.3 is 12.6 Å². The number of amides is 1. The van der Waals surface area contributed by atoms with Crippen LogP contribution in [0, 0.1) is 0 Å². The first kappa shape index (κ1) is 12.7. The number of ether oxygens (including phenoxy) is 1. The standard InChI is InChI=1S/C9H16NO4/c1-2-5-10(9(12)13)6-3-4-7-14-8-11/h2-7H2,1H3,(H,12,13). The van der Waals surface area contributed by atoms with Crippen LogP contribution in [0.2, 0.25) is 0 Å². The normalized spacial score (nSPS) is 9.50. The molecule has 0 saturated carbocycles. The third-order valence-electron chi connectivity index (χ3n) is 1.75. The second-order valence-electron chi connectivity index (χ2n) is 2.91.